The molecule has 0 spiro atoms. The summed E-state index contributed by atoms with van der Waals surface area (Å²) in [5, 5.41) is 2.95. The van der Waals surface area contributed by atoms with E-state index >= 15 is 0 Å². The van der Waals surface area contributed by atoms with Crippen LogP contribution in [-0.2, 0) is 6.42 Å². The molecular formula is C20H30N2O2. The molecule has 132 valence electrons. The second kappa shape index (κ2) is 6.30. The van der Waals surface area contributed by atoms with Gasteiger partial charge in [-0.15, -0.1) is 0 Å². The summed E-state index contributed by atoms with van der Waals surface area (Å²) >= 11 is 0. The molecule has 1 saturated carbocycles. The molecule has 4 nitrogen and oxygen atoms in total. The van der Waals surface area contributed by atoms with Crippen molar-refractivity contribution in [3.05, 3.63) is 29.8 Å². The van der Waals surface area contributed by atoms with Crippen LogP contribution in [0.25, 0.3) is 0 Å². The molecule has 4 heteroatoms. The molecule has 1 heterocycles. The smallest absolute Gasteiger partial charge is 0.320 e. The summed E-state index contributed by atoms with van der Waals surface area (Å²) in [4.78, 5) is 14.7. The maximum Gasteiger partial charge on any atom is 0.320 e. The average molecular weight is 330 g/mol. The van der Waals surface area contributed by atoms with Crippen molar-refractivity contribution in [2.24, 2.45) is 10.8 Å². The van der Waals surface area contributed by atoms with Crippen molar-refractivity contribution in [1.29, 1.82) is 0 Å². The van der Waals surface area contributed by atoms with Gasteiger partial charge in [-0.1, -0.05) is 45.9 Å². The lowest BCUT2D eigenvalue weighted by Gasteiger charge is -2.39. The maximum atomic E-state index is 12.6. The Hall–Kier alpha value is -1.71. The Balaban J connectivity index is 1.56. The number of likely N-dealkylation sites (tertiary alicyclic amines) is 1. The molecule has 1 N–H and O–H groups in total. The van der Waals surface area contributed by atoms with Crippen molar-refractivity contribution in [1.82, 2.24) is 10.2 Å². The minimum atomic E-state index is 0.00963. The SMILES string of the molecule is CCc1ccccc1OCNC(=O)N1CC2(C)CC1CC(C)(C)C2. The molecule has 24 heavy (non-hydrogen) atoms. The number of amides is 2. The predicted molar refractivity (Wildman–Crippen MR) is 96.1 cm³/mol. The Morgan fingerprint density at radius 1 is 1.29 bits per heavy atom. The van der Waals surface area contributed by atoms with E-state index in [1.807, 2.05) is 23.1 Å². The predicted octanol–water partition coefficient (Wildman–Crippen LogP) is 4.20. The third-order valence-electron chi connectivity index (χ3n) is 5.48. The monoisotopic (exact) mass is 330 g/mol. The van der Waals surface area contributed by atoms with Crippen molar-refractivity contribution < 1.29 is 9.53 Å². The van der Waals surface area contributed by atoms with E-state index in [0.29, 0.717) is 11.5 Å². The highest BCUT2D eigenvalue weighted by Gasteiger charge is 2.50. The van der Waals surface area contributed by atoms with Crippen molar-refractivity contribution in [2.45, 2.75) is 59.4 Å². The van der Waals surface area contributed by atoms with Gasteiger partial charge in [-0.25, -0.2) is 4.79 Å². The van der Waals surface area contributed by atoms with Crippen LogP contribution >= 0.6 is 0 Å². The summed E-state index contributed by atoms with van der Waals surface area (Å²) in [6, 6.07) is 8.36. The first kappa shape index (κ1) is 17.1. The molecule has 2 aliphatic rings. The van der Waals surface area contributed by atoms with Gasteiger partial charge in [0.05, 0.1) is 0 Å². The lowest BCUT2D eigenvalue weighted by Crippen LogP contribution is -2.44. The van der Waals surface area contributed by atoms with E-state index in [0.717, 1.165) is 37.1 Å². The zero-order valence-electron chi connectivity index (χ0n) is 15.4. The van der Waals surface area contributed by atoms with Crippen molar-refractivity contribution >= 4 is 6.03 Å². The van der Waals surface area contributed by atoms with E-state index in [1.165, 1.54) is 6.42 Å². The molecule has 3 rings (SSSR count). The molecular weight excluding hydrogens is 300 g/mol. The van der Waals surface area contributed by atoms with E-state index in [4.69, 9.17) is 4.74 Å². The van der Waals surface area contributed by atoms with Crippen LogP contribution in [0.5, 0.6) is 5.75 Å². The molecule has 0 radical (unpaired) electrons. The number of hydrogen-bond acceptors (Lipinski definition) is 2. The fraction of sp³-hybridized carbons (Fsp3) is 0.650. The summed E-state index contributed by atoms with van der Waals surface area (Å²) in [6.07, 6.45) is 4.34. The third kappa shape index (κ3) is 3.52. The number of fused-ring (bicyclic) bond motifs is 2. The standard InChI is InChI=1S/C20H30N2O2/c1-5-15-8-6-7-9-17(15)24-14-21-18(23)22-13-20(4)11-16(22)10-19(2,3)12-20/h6-9,16H,5,10-14H2,1-4H3,(H,21,23). The van der Waals surface area contributed by atoms with E-state index in [2.05, 4.69) is 39.1 Å². The minimum Gasteiger partial charge on any atom is -0.473 e. The fourth-order valence-corrected chi connectivity index (χ4v) is 4.91. The molecule has 2 unspecified atom stereocenters. The first-order chi connectivity index (χ1) is 11.3. The van der Waals surface area contributed by atoms with Crippen LogP contribution in [0, 0.1) is 10.8 Å². The number of carbonyl (C=O) groups excluding carboxylic acids is 1. The Labute approximate surface area is 145 Å². The van der Waals surface area contributed by atoms with Gasteiger partial charge in [-0.2, -0.15) is 0 Å². The number of benzene rings is 1. The Kier molecular flexibility index (Phi) is 4.50. The average Bonchev–Trinajstić information content (AvgIpc) is 2.76. The third-order valence-corrected chi connectivity index (χ3v) is 5.48. The number of ether oxygens (including phenoxy) is 1. The molecule has 1 aromatic carbocycles. The number of urea groups is 1. The number of para-hydroxylation sites is 1. The number of nitrogens with zero attached hydrogens (tertiary/aromatic N) is 1. The second-order valence-corrected chi connectivity index (χ2v) is 8.57. The largest absolute Gasteiger partial charge is 0.473 e. The minimum absolute atomic E-state index is 0.00963. The molecule has 1 saturated heterocycles. The van der Waals surface area contributed by atoms with E-state index in [-0.39, 0.29) is 18.2 Å². The van der Waals surface area contributed by atoms with Crippen LogP contribution in [0.2, 0.25) is 0 Å². The highest BCUT2D eigenvalue weighted by atomic mass is 16.5. The zero-order chi connectivity index (χ0) is 17.4. The lowest BCUT2D eigenvalue weighted by molar-refractivity contribution is 0.128. The number of aryl methyl sites for hydroxylation is 1. The van der Waals surface area contributed by atoms with Gasteiger partial charge in [0, 0.05) is 12.6 Å². The number of hydrogen-bond donors (Lipinski definition) is 1. The van der Waals surface area contributed by atoms with Gasteiger partial charge >= 0.3 is 6.03 Å². The number of rotatable bonds is 4. The van der Waals surface area contributed by atoms with Crippen LogP contribution in [0.15, 0.2) is 24.3 Å². The van der Waals surface area contributed by atoms with Crippen molar-refractivity contribution in [3.63, 3.8) is 0 Å². The Morgan fingerprint density at radius 2 is 2.04 bits per heavy atom. The molecule has 1 aliphatic carbocycles. The van der Waals surface area contributed by atoms with Gasteiger partial charge in [0.25, 0.3) is 0 Å². The number of carbonyl (C=O) groups is 1. The van der Waals surface area contributed by atoms with Gasteiger partial charge in [0.2, 0.25) is 0 Å². The zero-order valence-corrected chi connectivity index (χ0v) is 15.4. The summed E-state index contributed by atoms with van der Waals surface area (Å²) < 4.78 is 5.78. The van der Waals surface area contributed by atoms with Crippen molar-refractivity contribution in [2.75, 3.05) is 13.3 Å². The highest BCUT2D eigenvalue weighted by Crippen LogP contribution is 2.52. The summed E-state index contributed by atoms with van der Waals surface area (Å²) in [6.45, 7) is 10.2. The van der Waals surface area contributed by atoms with E-state index in [1.54, 1.807) is 0 Å². The van der Waals surface area contributed by atoms with Gasteiger partial charge in [-0.05, 0) is 48.1 Å². The summed E-state index contributed by atoms with van der Waals surface area (Å²) in [5.41, 5.74) is 1.75. The Bertz CT molecular complexity index is 613. The summed E-state index contributed by atoms with van der Waals surface area (Å²) in [7, 11) is 0. The molecule has 2 atom stereocenters. The molecule has 2 amide bonds. The van der Waals surface area contributed by atoms with Gasteiger partial charge in [0.15, 0.2) is 6.73 Å². The van der Waals surface area contributed by atoms with E-state index in [9.17, 15) is 4.79 Å². The molecule has 2 bridgehead atoms. The van der Waals surface area contributed by atoms with Gasteiger partial charge in [-0.3, -0.25) is 0 Å². The van der Waals surface area contributed by atoms with Crippen LogP contribution in [-0.4, -0.2) is 30.2 Å². The van der Waals surface area contributed by atoms with Crippen LogP contribution in [0.1, 0.15) is 52.5 Å². The topological polar surface area (TPSA) is 41.6 Å². The first-order valence-corrected chi connectivity index (χ1v) is 9.07. The Morgan fingerprint density at radius 3 is 2.79 bits per heavy atom. The quantitative estimate of drug-likeness (QED) is 0.841. The van der Waals surface area contributed by atoms with Crippen LogP contribution in [0.3, 0.4) is 0 Å². The molecule has 0 aromatic heterocycles. The molecule has 2 fully saturated rings. The molecule has 1 aliphatic heterocycles. The van der Waals surface area contributed by atoms with Crippen LogP contribution in [0.4, 0.5) is 4.79 Å². The fourth-order valence-electron chi connectivity index (χ4n) is 4.91. The lowest BCUT2D eigenvalue weighted by atomic mass is 9.65. The van der Waals surface area contributed by atoms with E-state index < -0.39 is 0 Å². The summed E-state index contributed by atoms with van der Waals surface area (Å²) in [5.74, 6) is 0.855. The molecule has 1 aromatic rings. The van der Waals surface area contributed by atoms with Crippen molar-refractivity contribution in [3.8, 4) is 5.75 Å². The van der Waals surface area contributed by atoms with Crippen LogP contribution < -0.4 is 10.1 Å². The van der Waals surface area contributed by atoms with Gasteiger partial charge in [0.1, 0.15) is 5.75 Å². The second-order valence-electron chi connectivity index (χ2n) is 8.57. The van der Waals surface area contributed by atoms with Gasteiger partial charge < -0.3 is 15.0 Å². The normalized spacial score (nSPS) is 27.8. The number of nitrogens with one attached hydrogen (secondary N) is 1. The maximum absolute atomic E-state index is 12.6. The highest BCUT2D eigenvalue weighted by molar-refractivity contribution is 5.75. The first-order valence-electron chi connectivity index (χ1n) is 9.07.